The molecule has 0 unspecified atom stereocenters. The van der Waals surface area contributed by atoms with Crippen LogP contribution in [0.5, 0.6) is 0 Å². The summed E-state index contributed by atoms with van der Waals surface area (Å²) in [7, 11) is 1.94. The van der Waals surface area contributed by atoms with Gasteiger partial charge < -0.3 is 20.5 Å². The van der Waals surface area contributed by atoms with Gasteiger partial charge in [-0.3, -0.25) is 4.79 Å². The Bertz CT molecular complexity index is 1390. The number of carbonyl (C=O) groups excluding carboxylic acids is 1. The second-order valence-corrected chi connectivity index (χ2v) is 8.06. The topological polar surface area (TPSA) is 71.0 Å². The molecule has 0 bridgehead atoms. The molecule has 6 nitrogen and oxygen atoms in total. The summed E-state index contributed by atoms with van der Waals surface area (Å²) in [6.45, 7) is 3.77. The van der Waals surface area contributed by atoms with E-state index < -0.39 is 5.82 Å². The van der Waals surface area contributed by atoms with E-state index in [4.69, 9.17) is 0 Å². The van der Waals surface area contributed by atoms with Gasteiger partial charge in [0.05, 0.1) is 34.3 Å². The molecule has 7 heteroatoms. The van der Waals surface area contributed by atoms with E-state index in [9.17, 15) is 9.18 Å². The molecule has 0 fully saturated rings. The smallest absolute Gasteiger partial charge is 0.258 e. The lowest BCUT2D eigenvalue weighted by Crippen LogP contribution is -2.12. The highest BCUT2D eigenvalue weighted by atomic mass is 19.1. The van der Waals surface area contributed by atoms with Crippen molar-refractivity contribution in [1.82, 2.24) is 14.9 Å². The van der Waals surface area contributed by atoms with Crippen LogP contribution in [-0.2, 0) is 18.4 Å². The lowest BCUT2D eigenvalue weighted by molar-refractivity contribution is -0.110. The number of imidazole rings is 1. The Kier molecular flexibility index (Phi) is 5.40. The van der Waals surface area contributed by atoms with E-state index in [1.54, 1.807) is 12.4 Å². The van der Waals surface area contributed by atoms with Crippen LogP contribution in [0.4, 0.5) is 15.8 Å². The number of nitrogens with zero attached hydrogens (tertiary/aromatic N) is 2. The fourth-order valence-electron chi connectivity index (χ4n) is 4.08. The quantitative estimate of drug-likeness (QED) is 0.378. The van der Waals surface area contributed by atoms with Crippen LogP contribution < -0.4 is 16.0 Å². The van der Waals surface area contributed by atoms with Crippen molar-refractivity contribution >= 4 is 39.6 Å². The molecule has 0 atom stereocenters. The van der Waals surface area contributed by atoms with Gasteiger partial charge in [-0.25, -0.2) is 9.37 Å². The first kappa shape index (κ1) is 20.9. The Hall–Kier alpha value is -3.97. The first-order valence-electron chi connectivity index (χ1n) is 10.9. The molecule has 0 radical (unpaired) electrons. The Morgan fingerprint density at radius 1 is 1.09 bits per heavy atom. The Labute approximate surface area is 191 Å². The number of hydrogen-bond donors (Lipinski definition) is 3. The summed E-state index contributed by atoms with van der Waals surface area (Å²) in [6.07, 6.45) is 1.76. The van der Waals surface area contributed by atoms with Crippen LogP contribution in [0.3, 0.4) is 0 Å². The minimum atomic E-state index is -0.393. The number of anilines is 2. The lowest BCUT2D eigenvalue weighted by atomic mass is 9.99. The molecular weight excluding hydrogens is 417 g/mol. The molecule has 166 valence electrons. The Morgan fingerprint density at radius 2 is 1.91 bits per heavy atom. The van der Waals surface area contributed by atoms with Crippen LogP contribution in [0.1, 0.15) is 23.6 Å². The van der Waals surface area contributed by atoms with Gasteiger partial charge in [0.25, 0.3) is 5.91 Å². The van der Waals surface area contributed by atoms with E-state index in [-0.39, 0.29) is 5.91 Å². The monoisotopic (exact) mass is 441 g/mol. The van der Waals surface area contributed by atoms with Crippen molar-refractivity contribution in [1.29, 1.82) is 0 Å². The van der Waals surface area contributed by atoms with Gasteiger partial charge in [0, 0.05) is 30.4 Å². The van der Waals surface area contributed by atoms with Crippen molar-refractivity contribution < 1.29 is 9.18 Å². The molecule has 1 aliphatic rings. The summed E-state index contributed by atoms with van der Waals surface area (Å²) in [5.41, 5.74) is 6.90. The fourth-order valence-corrected chi connectivity index (χ4v) is 4.08. The van der Waals surface area contributed by atoms with Gasteiger partial charge in [0.1, 0.15) is 5.82 Å². The van der Waals surface area contributed by atoms with Gasteiger partial charge >= 0.3 is 0 Å². The number of hydrogen-bond acceptors (Lipinski definition) is 4. The van der Waals surface area contributed by atoms with Crippen LogP contribution in [0, 0.1) is 5.82 Å². The van der Waals surface area contributed by atoms with Gasteiger partial charge in [0.15, 0.2) is 0 Å². The summed E-state index contributed by atoms with van der Waals surface area (Å²) in [6, 6.07) is 18.3. The van der Waals surface area contributed by atoms with Gasteiger partial charge in [-0.1, -0.05) is 25.1 Å². The molecule has 0 saturated heterocycles. The van der Waals surface area contributed by atoms with E-state index in [2.05, 4.69) is 27.9 Å². The third-order valence-electron chi connectivity index (χ3n) is 5.79. The first-order valence-corrected chi connectivity index (χ1v) is 10.9. The SMILES string of the molecule is CCNCc1ccc(NC(=C2C(=O)Nc3cc(F)ccc32)c2ccc3c(c2)ncn3C)cc1. The van der Waals surface area contributed by atoms with Gasteiger partial charge in [-0.15, -0.1) is 0 Å². The molecule has 0 saturated carbocycles. The van der Waals surface area contributed by atoms with Gasteiger partial charge in [-0.2, -0.15) is 0 Å². The van der Waals surface area contributed by atoms with Crippen molar-refractivity contribution in [2.24, 2.45) is 7.05 Å². The molecule has 2 heterocycles. The van der Waals surface area contributed by atoms with Crippen molar-refractivity contribution in [3.63, 3.8) is 0 Å². The molecule has 3 aromatic carbocycles. The highest BCUT2D eigenvalue weighted by Crippen LogP contribution is 2.38. The minimum Gasteiger partial charge on any atom is -0.354 e. The third-order valence-corrected chi connectivity index (χ3v) is 5.79. The molecule has 4 aromatic rings. The van der Waals surface area contributed by atoms with Crippen molar-refractivity contribution in [2.75, 3.05) is 17.2 Å². The highest BCUT2D eigenvalue weighted by molar-refractivity contribution is 6.37. The number of aryl methyl sites for hydroxylation is 1. The van der Waals surface area contributed by atoms with Crippen molar-refractivity contribution in [2.45, 2.75) is 13.5 Å². The molecule has 1 amide bonds. The molecule has 33 heavy (non-hydrogen) atoms. The molecule has 1 aliphatic heterocycles. The number of amides is 1. The number of aromatic nitrogens is 2. The second kappa shape index (κ2) is 8.52. The molecule has 1 aromatic heterocycles. The normalized spacial score (nSPS) is 14.3. The zero-order valence-corrected chi connectivity index (χ0v) is 18.4. The standard InChI is InChI=1S/C26H24FN5O/c1-3-28-14-16-4-8-19(9-5-16)30-25(17-6-11-23-22(12-17)29-15-32(23)2)24-20-10-7-18(27)13-21(20)31-26(24)33/h4-13,15,28,30H,3,14H2,1-2H3,(H,31,33). The summed E-state index contributed by atoms with van der Waals surface area (Å²) >= 11 is 0. The third kappa shape index (κ3) is 3.99. The van der Waals surface area contributed by atoms with E-state index >= 15 is 0 Å². The van der Waals surface area contributed by atoms with Gasteiger partial charge in [-0.05, 0) is 54.6 Å². The number of fused-ring (bicyclic) bond motifs is 2. The zero-order chi connectivity index (χ0) is 22.9. The van der Waals surface area contributed by atoms with E-state index in [0.717, 1.165) is 35.4 Å². The van der Waals surface area contributed by atoms with Crippen LogP contribution >= 0.6 is 0 Å². The number of nitrogens with one attached hydrogen (secondary N) is 3. The maximum Gasteiger partial charge on any atom is 0.258 e. The lowest BCUT2D eigenvalue weighted by Gasteiger charge is -2.15. The number of carbonyl (C=O) groups is 1. The average Bonchev–Trinajstić information content (AvgIpc) is 3.35. The minimum absolute atomic E-state index is 0.275. The molecule has 0 aliphatic carbocycles. The number of rotatable bonds is 6. The predicted octanol–water partition coefficient (Wildman–Crippen LogP) is 4.75. The van der Waals surface area contributed by atoms with Crippen LogP contribution in [0.2, 0.25) is 0 Å². The molecule has 3 N–H and O–H groups in total. The summed E-state index contributed by atoms with van der Waals surface area (Å²) in [5, 5.41) is 9.55. The fraction of sp³-hybridized carbons (Fsp3) is 0.154. The number of halogens is 1. The average molecular weight is 442 g/mol. The molecule has 0 spiro atoms. The van der Waals surface area contributed by atoms with Crippen molar-refractivity contribution in [3.8, 4) is 0 Å². The van der Waals surface area contributed by atoms with Gasteiger partial charge in [0.2, 0.25) is 0 Å². The van der Waals surface area contributed by atoms with E-state index in [0.29, 0.717) is 22.5 Å². The van der Waals surface area contributed by atoms with Crippen LogP contribution in [0.25, 0.3) is 22.3 Å². The first-order chi connectivity index (χ1) is 16.0. The summed E-state index contributed by atoms with van der Waals surface area (Å²) in [4.78, 5) is 17.5. The zero-order valence-electron chi connectivity index (χ0n) is 18.4. The maximum atomic E-state index is 13.8. The van der Waals surface area contributed by atoms with Crippen LogP contribution in [0.15, 0.2) is 67.0 Å². The van der Waals surface area contributed by atoms with Crippen molar-refractivity contribution in [3.05, 3.63) is 89.5 Å². The predicted molar refractivity (Wildman–Crippen MR) is 130 cm³/mol. The number of benzene rings is 3. The highest BCUT2D eigenvalue weighted by Gasteiger charge is 2.29. The Balaban J connectivity index is 1.62. The summed E-state index contributed by atoms with van der Waals surface area (Å²) in [5.74, 6) is -0.668. The largest absolute Gasteiger partial charge is 0.354 e. The Morgan fingerprint density at radius 3 is 2.70 bits per heavy atom. The second-order valence-electron chi connectivity index (χ2n) is 8.06. The summed E-state index contributed by atoms with van der Waals surface area (Å²) < 4.78 is 15.7. The molecule has 5 rings (SSSR count). The van der Waals surface area contributed by atoms with E-state index in [1.807, 2.05) is 54.1 Å². The molecular formula is C26H24FN5O. The van der Waals surface area contributed by atoms with Crippen LogP contribution in [-0.4, -0.2) is 22.0 Å². The van der Waals surface area contributed by atoms with E-state index in [1.165, 1.54) is 17.7 Å². The maximum absolute atomic E-state index is 13.8.